The highest BCUT2D eigenvalue weighted by Crippen LogP contribution is 2.27. The second kappa shape index (κ2) is 6.30. The van der Waals surface area contributed by atoms with Gasteiger partial charge in [-0.1, -0.05) is 24.3 Å². The minimum Gasteiger partial charge on any atom is -0.341 e. The molecule has 0 fully saturated rings. The maximum atomic E-state index is 12.7. The predicted molar refractivity (Wildman–Crippen MR) is 89.4 cm³/mol. The number of nitrogens with one attached hydrogen (secondary N) is 1. The Kier molecular flexibility index (Phi) is 4.42. The van der Waals surface area contributed by atoms with Crippen molar-refractivity contribution < 1.29 is 4.79 Å². The number of hydrogen-bond donors (Lipinski definition) is 1. The van der Waals surface area contributed by atoms with E-state index in [0.29, 0.717) is 13.1 Å². The summed E-state index contributed by atoms with van der Waals surface area (Å²) in [5, 5.41) is 5.43. The minimum absolute atomic E-state index is 0.0815. The molecule has 2 heterocycles. The first-order valence-electron chi connectivity index (χ1n) is 6.91. The summed E-state index contributed by atoms with van der Waals surface area (Å²) in [6, 6.07) is 10.3. The fourth-order valence-electron chi connectivity index (χ4n) is 2.76. The van der Waals surface area contributed by atoms with Crippen LogP contribution in [0.1, 0.15) is 22.6 Å². The molecule has 2 aromatic rings. The van der Waals surface area contributed by atoms with Gasteiger partial charge >= 0.3 is 0 Å². The fourth-order valence-corrected chi connectivity index (χ4v) is 3.96. The van der Waals surface area contributed by atoms with E-state index in [1.165, 1.54) is 16.7 Å². The van der Waals surface area contributed by atoms with Crippen molar-refractivity contribution in [1.82, 2.24) is 10.2 Å². The standard InChI is InChI=1S/C16H17BrN2OS/c1-19(9-11-6-15(17)21-10-11)16(20)14-8-18-7-12-4-2-3-5-13(12)14/h2-6,10,14,18H,7-9H2,1H3. The van der Waals surface area contributed by atoms with Crippen LogP contribution in [0.15, 0.2) is 39.5 Å². The lowest BCUT2D eigenvalue weighted by Gasteiger charge is -2.29. The first-order chi connectivity index (χ1) is 10.1. The van der Waals surface area contributed by atoms with Crippen molar-refractivity contribution in [2.24, 2.45) is 0 Å². The molecule has 1 aromatic heterocycles. The van der Waals surface area contributed by atoms with E-state index < -0.39 is 0 Å². The van der Waals surface area contributed by atoms with E-state index in [1.54, 1.807) is 11.3 Å². The molecule has 0 saturated heterocycles. The molecule has 3 nitrogen and oxygen atoms in total. The number of fused-ring (bicyclic) bond motifs is 1. The van der Waals surface area contributed by atoms with Crippen molar-refractivity contribution in [2.45, 2.75) is 19.0 Å². The van der Waals surface area contributed by atoms with Gasteiger partial charge in [-0.05, 0) is 44.1 Å². The smallest absolute Gasteiger partial charge is 0.231 e. The van der Waals surface area contributed by atoms with E-state index in [0.717, 1.165) is 10.3 Å². The Morgan fingerprint density at radius 3 is 3.05 bits per heavy atom. The number of rotatable bonds is 3. The normalized spacial score (nSPS) is 17.3. The summed E-state index contributed by atoms with van der Waals surface area (Å²) in [6.45, 7) is 2.22. The Morgan fingerprint density at radius 1 is 1.48 bits per heavy atom. The van der Waals surface area contributed by atoms with Gasteiger partial charge in [-0.2, -0.15) is 0 Å². The Balaban J connectivity index is 1.76. The van der Waals surface area contributed by atoms with Crippen LogP contribution in [0.3, 0.4) is 0 Å². The lowest BCUT2D eigenvalue weighted by atomic mass is 9.90. The topological polar surface area (TPSA) is 32.3 Å². The second-order valence-corrected chi connectivity index (χ2v) is 7.63. The number of nitrogens with zero attached hydrogens (tertiary/aromatic N) is 1. The summed E-state index contributed by atoms with van der Waals surface area (Å²) in [7, 11) is 1.88. The highest BCUT2D eigenvalue weighted by molar-refractivity contribution is 9.11. The van der Waals surface area contributed by atoms with E-state index >= 15 is 0 Å². The fraction of sp³-hybridized carbons (Fsp3) is 0.312. The monoisotopic (exact) mass is 364 g/mol. The second-order valence-electron chi connectivity index (χ2n) is 5.34. The van der Waals surface area contributed by atoms with Gasteiger partial charge in [0, 0.05) is 26.7 Å². The third-order valence-electron chi connectivity index (χ3n) is 3.81. The molecule has 1 aromatic carbocycles. The Labute approximate surface area is 137 Å². The van der Waals surface area contributed by atoms with Crippen molar-refractivity contribution >= 4 is 33.2 Å². The van der Waals surface area contributed by atoms with Crippen LogP contribution in [0.4, 0.5) is 0 Å². The summed E-state index contributed by atoms with van der Waals surface area (Å²) in [5.41, 5.74) is 3.56. The molecule has 3 rings (SSSR count). The average molecular weight is 365 g/mol. The summed E-state index contributed by atoms with van der Waals surface area (Å²) >= 11 is 5.11. The summed E-state index contributed by atoms with van der Waals surface area (Å²) in [6.07, 6.45) is 0. The van der Waals surface area contributed by atoms with E-state index in [9.17, 15) is 4.79 Å². The van der Waals surface area contributed by atoms with Crippen molar-refractivity contribution in [3.8, 4) is 0 Å². The van der Waals surface area contributed by atoms with Gasteiger partial charge < -0.3 is 10.2 Å². The molecule has 0 saturated carbocycles. The minimum atomic E-state index is -0.0815. The molecule has 110 valence electrons. The highest BCUT2D eigenvalue weighted by Gasteiger charge is 2.28. The van der Waals surface area contributed by atoms with Gasteiger partial charge in [0.2, 0.25) is 5.91 Å². The van der Waals surface area contributed by atoms with Crippen LogP contribution in [-0.4, -0.2) is 24.4 Å². The molecule has 1 unspecified atom stereocenters. The predicted octanol–water partition coefficient (Wildman–Crippen LogP) is 3.36. The summed E-state index contributed by atoms with van der Waals surface area (Å²) in [5.74, 6) is 0.0963. The quantitative estimate of drug-likeness (QED) is 0.905. The molecule has 0 radical (unpaired) electrons. The molecule has 1 amide bonds. The van der Waals surface area contributed by atoms with Crippen LogP contribution in [0, 0.1) is 0 Å². The average Bonchev–Trinajstić information content (AvgIpc) is 2.91. The molecular formula is C16H17BrN2OS. The van der Waals surface area contributed by atoms with Gasteiger partial charge in [0.25, 0.3) is 0 Å². The van der Waals surface area contributed by atoms with E-state index in [1.807, 2.05) is 24.1 Å². The molecule has 0 aliphatic carbocycles. The van der Waals surface area contributed by atoms with Gasteiger partial charge in [0.05, 0.1) is 9.70 Å². The molecule has 1 N–H and O–H groups in total. The van der Waals surface area contributed by atoms with Gasteiger partial charge in [-0.25, -0.2) is 0 Å². The summed E-state index contributed by atoms with van der Waals surface area (Å²) < 4.78 is 1.10. The van der Waals surface area contributed by atoms with Crippen LogP contribution in [0.2, 0.25) is 0 Å². The SMILES string of the molecule is CN(Cc1csc(Br)c1)C(=O)C1CNCc2ccccc21. The zero-order valence-electron chi connectivity index (χ0n) is 11.8. The Bertz CT molecular complexity index is 655. The number of benzene rings is 1. The van der Waals surface area contributed by atoms with Crippen molar-refractivity contribution in [1.29, 1.82) is 0 Å². The molecule has 1 atom stereocenters. The molecular weight excluding hydrogens is 348 g/mol. The number of halogens is 1. The van der Waals surface area contributed by atoms with Crippen LogP contribution >= 0.6 is 27.3 Å². The van der Waals surface area contributed by atoms with E-state index in [-0.39, 0.29) is 11.8 Å². The molecule has 0 bridgehead atoms. The molecule has 1 aliphatic heterocycles. The van der Waals surface area contributed by atoms with Gasteiger partial charge in [-0.15, -0.1) is 11.3 Å². The van der Waals surface area contributed by atoms with Crippen molar-refractivity contribution in [3.05, 3.63) is 56.2 Å². The lowest BCUT2D eigenvalue weighted by molar-refractivity contribution is -0.132. The van der Waals surface area contributed by atoms with Gasteiger partial charge in [0.15, 0.2) is 0 Å². The summed E-state index contributed by atoms with van der Waals surface area (Å²) in [4.78, 5) is 14.6. The maximum absolute atomic E-state index is 12.7. The first kappa shape index (κ1) is 14.8. The number of thiophene rings is 1. The highest BCUT2D eigenvalue weighted by atomic mass is 79.9. The maximum Gasteiger partial charge on any atom is 0.231 e. The van der Waals surface area contributed by atoms with Crippen LogP contribution < -0.4 is 5.32 Å². The van der Waals surface area contributed by atoms with Crippen molar-refractivity contribution in [2.75, 3.05) is 13.6 Å². The van der Waals surface area contributed by atoms with Gasteiger partial charge in [-0.3, -0.25) is 4.79 Å². The molecule has 0 spiro atoms. The molecule has 5 heteroatoms. The Morgan fingerprint density at radius 2 is 2.29 bits per heavy atom. The number of likely N-dealkylation sites (N-methyl/N-ethyl adjacent to an activating group) is 1. The number of amides is 1. The van der Waals surface area contributed by atoms with E-state index in [2.05, 4.69) is 44.8 Å². The number of carbonyl (C=O) groups is 1. The Hall–Kier alpha value is -1.17. The third kappa shape index (κ3) is 3.20. The zero-order chi connectivity index (χ0) is 14.8. The van der Waals surface area contributed by atoms with E-state index in [4.69, 9.17) is 0 Å². The van der Waals surface area contributed by atoms with Gasteiger partial charge in [0.1, 0.15) is 0 Å². The van der Waals surface area contributed by atoms with Crippen LogP contribution in [0.25, 0.3) is 0 Å². The number of carbonyl (C=O) groups excluding carboxylic acids is 1. The van der Waals surface area contributed by atoms with Crippen molar-refractivity contribution in [3.63, 3.8) is 0 Å². The molecule has 21 heavy (non-hydrogen) atoms. The van der Waals surface area contributed by atoms with Crippen LogP contribution in [0.5, 0.6) is 0 Å². The lowest BCUT2D eigenvalue weighted by Crippen LogP contribution is -2.39. The van der Waals surface area contributed by atoms with Crippen LogP contribution in [-0.2, 0) is 17.9 Å². The zero-order valence-corrected chi connectivity index (χ0v) is 14.2. The first-order valence-corrected chi connectivity index (χ1v) is 8.59. The largest absolute Gasteiger partial charge is 0.341 e. The third-order valence-corrected chi connectivity index (χ3v) is 5.36. The molecule has 1 aliphatic rings. The number of hydrogen-bond acceptors (Lipinski definition) is 3.